The number of furan rings is 1. The summed E-state index contributed by atoms with van der Waals surface area (Å²) < 4.78 is 6.66. The van der Waals surface area contributed by atoms with E-state index >= 15 is 0 Å². The van der Waals surface area contributed by atoms with Gasteiger partial charge in [0.1, 0.15) is 11.2 Å². The first-order chi connectivity index (χ1) is 19.4. The fraction of sp³-hybridized carbons (Fsp3) is 0. The number of benzene rings is 6. The summed E-state index contributed by atoms with van der Waals surface area (Å²) in [6.07, 6.45) is 0. The summed E-state index contributed by atoms with van der Waals surface area (Å²) in [7, 11) is 0. The number of fused-ring (bicyclic) bond motifs is 5. The molecule has 0 radical (unpaired) electrons. The molecule has 8 aromatic rings. The highest BCUT2D eigenvalue weighted by Gasteiger charge is 2.24. The van der Waals surface area contributed by atoms with Gasteiger partial charge in [0.15, 0.2) is 5.82 Å². The van der Waals surface area contributed by atoms with Crippen LogP contribution in [0.5, 0.6) is 0 Å². The van der Waals surface area contributed by atoms with Crippen molar-refractivity contribution in [2.24, 2.45) is 0 Å². The van der Waals surface area contributed by atoms with Crippen LogP contribution < -0.4 is 0 Å². The van der Waals surface area contributed by atoms with Gasteiger partial charge in [0.25, 0.3) is 0 Å². The fourth-order valence-electron chi connectivity index (χ4n) is 5.77. The Morgan fingerprint density at radius 2 is 1.00 bits per heavy atom. The molecular formula is C36H22N2O. The summed E-state index contributed by atoms with van der Waals surface area (Å²) in [5, 5.41) is 5.35. The first-order valence-electron chi connectivity index (χ1n) is 13.1. The molecule has 0 amide bonds. The minimum absolute atomic E-state index is 0.694. The molecule has 39 heavy (non-hydrogen) atoms. The molecule has 0 aliphatic heterocycles. The van der Waals surface area contributed by atoms with E-state index in [4.69, 9.17) is 14.4 Å². The van der Waals surface area contributed by atoms with E-state index in [1.807, 2.05) is 36.4 Å². The van der Waals surface area contributed by atoms with E-state index in [2.05, 4.69) is 97.1 Å². The maximum absolute atomic E-state index is 6.66. The number of hydrogen-bond acceptors (Lipinski definition) is 3. The van der Waals surface area contributed by atoms with Crippen LogP contribution >= 0.6 is 0 Å². The third-order valence-corrected chi connectivity index (χ3v) is 7.47. The quantitative estimate of drug-likeness (QED) is 0.243. The molecule has 0 N–H and O–H groups in total. The molecular weight excluding hydrogens is 476 g/mol. The van der Waals surface area contributed by atoms with Crippen LogP contribution in [0.15, 0.2) is 138 Å². The molecule has 0 atom stereocenters. The Hall–Kier alpha value is -5.28. The molecule has 3 heteroatoms. The van der Waals surface area contributed by atoms with Crippen molar-refractivity contribution < 1.29 is 4.42 Å². The first kappa shape index (κ1) is 21.8. The van der Waals surface area contributed by atoms with Crippen LogP contribution in [0.1, 0.15) is 0 Å². The average Bonchev–Trinajstić information content (AvgIpc) is 3.39. The second-order valence-corrected chi connectivity index (χ2v) is 9.74. The monoisotopic (exact) mass is 498 g/mol. The number of para-hydroxylation sites is 2. The number of rotatable bonds is 3. The molecule has 0 bridgehead atoms. The zero-order valence-corrected chi connectivity index (χ0v) is 21.0. The van der Waals surface area contributed by atoms with Gasteiger partial charge in [-0.15, -0.1) is 0 Å². The number of hydrogen-bond donors (Lipinski definition) is 0. The zero-order chi connectivity index (χ0) is 25.8. The Kier molecular flexibility index (Phi) is 4.82. The molecule has 0 saturated carbocycles. The Morgan fingerprint density at radius 1 is 0.436 bits per heavy atom. The molecule has 8 rings (SSSR count). The van der Waals surface area contributed by atoms with E-state index in [1.165, 1.54) is 0 Å². The smallest absolute Gasteiger partial charge is 0.161 e. The zero-order valence-electron chi connectivity index (χ0n) is 21.0. The molecule has 6 aromatic carbocycles. The minimum atomic E-state index is 0.694. The van der Waals surface area contributed by atoms with Gasteiger partial charge < -0.3 is 4.42 Å². The molecule has 2 aromatic heterocycles. The normalized spacial score (nSPS) is 11.6. The third kappa shape index (κ3) is 3.37. The summed E-state index contributed by atoms with van der Waals surface area (Å²) in [5.74, 6) is 0.694. The van der Waals surface area contributed by atoms with E-state index in [-0.39, 0.29) is 0 Å². The summed E-state index contributed by atoms with van der Waals surface area (Å²) >= 11 is 0. The van der Waals surface area contributed by atoms with Crippen molar-refractivity contribution in [2.45, 2.75) is 0 Å². The van der Waals surface area contributed by atoms with Crippen molar-refractivity contribution in [1.82, 2.24) is 9.97 Å². The Labute approximate surface area is 225 Å². The summed E-state index contributed by atoms with van der Waals surface area (Å²) in [4.78, 5) is 10.4. The molecule has 0 aliphatic rings. The highest BCUT2D eigenvalue weighted by Crippen LogP contribution is 2.47. The van der Waals surface area contributed by atoms with Crippen LogP contribution in [-0.2, 0) is 0 Å². The van der Waals surface area contributed by atoms with E-state index in [0.717, 1.165) is 71.6 Å². The van der Waals surface area contributed by atoms with Crippen molar-refractivity contribution in [3.63, 3.8) is 0 Å². The summed E-state index contributed by atoms with van der Waals surface area (Å²) in [6.45, 7) is 0. The van der Waals surface area contributed by atoms with Crippen LogP contribution in [0.25, 0.3) is 77.4 Å². The van der Waals surface area contributed by atoms with E-state index in [1.54, 1.807) is 0 Å². The van der Waals surface area contributed by atoms with Crippen LogP contribution in [-0.4, -0.2) is 9.97 Å². The summed E-state index contributed by atoms with van der Waals surface area (Å²) in [5.41, 5.74) is 7.81. The molecule has 0 saturated heterocycles. The maximum atomic E-state index is 6.66. The Bertz CT molecular complexity index is 2160. The van der Waals surface area contributed by atoms with Crippen LogP contribution in [0.4, 0.5) is 0 Å². The van der Waals surface area contributed by atoms with Gasteiger partial charge in [-0.1, -0.05) is 121 Å². The largest absolute Gasteiger partial charge is 0.455 e. The molecule has 0 aliphatic carbocycles. The Morgan fingerprint density at radius 3 is 1.74 bits per heavy atom. The third-order valence-electron chi connectivity index (χ3n) is 7.47. The van der Waals surface area contributed by atoms with Gasteiger partial charge in [0.05, 0.1) is 11.2 Å². The first-order valence-corrected chi connectivity index (χ1v) is 13.1. The highest BCUT2D eigenvalue weighted by molar-refractivity contribution is 6.26. The van der Waals surface area contributed by atoms with Gasteiger partial charge in [0.2, 0.25) is 0 Å². The van der Waals surface area contributed by atoms with Gasteiger partial charge in [-0.3, -0.25) is 0 Å². The predicted molar refractivity (Wildman–Crippen MR) is 161 cm³/mol. The van der Waals surface area contributed by atoms with Crippen molar-refractivity contribution in [3.05, 3.63) is 133 Å². The number of aromatic nitrogens is 2. The standard InChI is InChI=1S/C36H22N2O/c1-3-13-23(14-4-1)31-25-17-7-8-18-26(25)33(32-28-20-10-12-22-30(28)39-35(31)32)36-37-29-21-11-9-19-27(29)34(38-36)24-15-5-2-6-16-24/h1-22H. The number of nitrogens with zero attached hydrogens (tertiary/aromatic N) is 2. The van der Waals surface area contributed by atoms with Crippen molar-refractivity contribution in [1.29, 1.82) is 0 Å². The van der Waals surface area contributed by atoms with Crippen LogP contribution in [0.3, 0.4) is 0 Å². The summed E-state index contributed by atoms with van der Waals surface area (Å²) in [6, 6.07) is 45.9. The lowest BCUT2D eigenvalue weighted by Gasteiger charge is -2.15. The SMILES string of the molecule is c1ccc(-c2nc(-c3c4ccccc4c(-c4ccccc4)c4oc5ccccc5c34)nc3ccccc23)cc1. The van der Waals surface area contributed by atoms with Crippen LogP contribution in [0.2, 0.25) is 0 Å². The Balaban J connectivity index is 1.58. The van der Waals surface area contributed by atoms with Crippen molar-refractivity contribution in [3.8, 4) is 33.8 Å². The van der Waals surface area contributed by atoms with Gasteiger partial charge in [-0.25, -0.2) is 9.97 Å². The minimum Gasteiger partial charge on any atom is -0.455 e. The lowest BCUT2D eigenvalue weighted by atomic mass is 9.90. The highest BCUT2D eigenvalue weighted by atomic mass is 16.3. The fourth-order valence-corrected chi connectivity index (χ4v) is 5.77. The average molecular weight is 499 g/mol. The molecule has 0 unspecified atom stereocenters. The lowest BCUT2D eigenvalue weighted by Crippen LogP contribution is -1.97. The van der Waals surface area contributed by atoms with Crippen LogP contribution in [0, 0.1) is 0 Å². The van der Waals surface area contributed by atoms with Gasteiger partial charge >= 0.3 is 0 Å². The second kappa shape index (κ2) is 8.64. The van der Waals surface area contributed by atoms with Crippen molar-refractivity contribution >= 4 is 43.6 Å². The van der Waals surface area contributed by atoms with Gasteiger partial charge in [-0.2, -0.15) is 0 Å². The maximum Gasteiger partial charge on any atom is 0.161 e. The van der Waals surface area contributed by atoms with E-state index < -0.39 is 0 Å². The second-order valence-electron chi connectivity index (χ2n) is 9.74. The van der Waals surface area contributed by atoms with Gasteiger partial charge in [0, 0.05) is 32.8 Å². The van der Waals surface area contributed by atoms with Crippen molar-refractivity contribution in [2.75, 3.05) is 0 Å². The molecule has 3 nitrogen and oxygen atoms in total. The topological polar surface area (TPSA) is 38.9 Å². The van der Waals surface area contributed by atoms with E-state index in [9.17, 15) is 0 Å². The van der Waals surface area contributed by atoms with Gasteiger partial charge in [-0.05, 0) is 28.5 Å². The molecule has 0 fully saturated rings. The van der Waals surface area contributed by atoms with E-state index in [0.29, 0.717) is 5.82 Å². The predicted octanol–water partition coefficient (Wildman–Crippen LogP) is 9.68. The molecule has 182 valence electrons. The lowest BCUT2D eigenvalue weighted by molar-refractivity contribution is 0.670. The molecule has 2 heterocycles. The molecule has 0 spiro atoms.